The van der Waals surface area contributed by atoms with Crippen LogP contribution in [0.4, 0.5) is 4.39 Å². The third-order valence-corrected chi connectivity index (χ3v) is 6.69. The van der Waals surface area contributed by atoms with Crippen LogP contribution in [-0.2, 0) is 16.6 Å². The highest BCUT2D eigenvalue weighted by atomic mass is 35.5. The number of amides is 1. The summed E-state index contributed by atoms with van der Waals surface area (Å²) in [5.74, 6) is -0.507. The molecule has 6 nitrogen and oxygen atoms in total. The lowest BCUT2D eigenvalue weighted by molar-refractivity contribution is 0.0628. The molecule has 30 heavy (non-hydrogen) atoms. The smallest absolute Gasteiger partial charge is 0.253 e. The van der Waals surface area contributed by atoms with Crippen LogP contribution in [0.1, 0.15) is 15.9 Å². The fourth-order valence-corrected chi connectivity index (χ4v) is 4.44. The van der Waals surface area contributed by atoms with E-state index in [0.29, 0.717) is 43.3 Å². The van der Waals surface area contributed by atoms with E-state index in [1.54, 1.807) is 11.0 Å². The highest BCUT2D eigenvalue weighted by Gasteiger charge is 2.23. The molecule has 0 unspecified atom stereocenters. The van der Waals surface area contributed by atoms with Gasteiger partial charge in [-0.3, -0.25) is 9.69 Å². The molecule has 0 aromatic heterocycles. The molecule has 2 aromatic rings. The van der Waals surface area contributed by atoms with Gasteiger partial charge in [0.05, 0.1) is 4.90 Å². The van der Waals surface area contributed by atoms with Gasteiger partial charge in [-0.1, -0.05) is 23.7 Å². The zero-order valence-electron chi connectivity index (χ0n) is 16.4. The molecule has 1 heterocycles. The van der Waals surface area contributed by atoms with Gasteiger partial charge >= 0.3 is 0 Å². The van der Waals surface area contributed by atoms with Gasteiger partial charge < -0.3 is 4.90 Å². The summed E-state index contributed by atoms with van der Waals surface area (Å²) in [6.07, 6.45) is 1.46. The number of rotatable bonds is 7. The lowest BCUT2D eigenvalue weighted by Crippen LogP contribution is -2.48. The van der Waals surface area contributed by atoms with Crippen molar-refractivity contribution >= 4 is 27.5 Å². The van der Waals surface area contributed by atoms with Crippen molar-refractivity contribution in [3.63, 3.8) is 0 Å². The van der Waals surface area contributed by atoms with E-state index in [9.17, 15) is 17.6 Å². The van der Waals surface area contributed by atoms with Crippen molar-refractivity contribution in [3.05, 3.63) is 77.1 Å². The largest absolute Gasteiger partial charge is 0.336 e. The second-order valence-electron chi connectivity index (χ2n) is 6.97. The van der Waals surface area contributed by atoms with Crippen LogP contribution in [0.3, 0.4) is 0 Å². The van der Waals surface area contributed by atoms with Gasteiger partial charge in [0.25, 0.3) is 5.91 Å². The Balaban J connectivity index is 1.58. The number of nitrogens with one attached hydrogen (secondary N) is 1. The molecule has 0 spiro atoms. The van der Waals surface area contributed by atoms with Crippen LogP contribution in [-0.4, -0.2) is 56.8 Å². The van der Waals surface area contributed by atoms with Gasteiger partial charge in [-0.15, -0.1) is 6.58 Å². The first-order chi connectivity index (χ1) is 14.3. The minimum Gasteiger partial charge on any atom is -0.336 e. The van der Waals surface area contributed by atoms with Crippen LogP contribution in [0.25, 0.3) is 0 Å². The highest BCUT2D eigenvalue weighted by molar-refractivity contribution is 7.89. The first-order valence-corrected chi connectivity index (χ1v) is 11.3. The molecule has 0 aliphatic carbocycles. The summed E-state index contributed by atoms with van der Waals surface area (Å²) in [7, 11) is -3.62. The normalized spacial score (nSPS) is 15.2. The van der Waals surface area contributed by atoms with Crippen molar-refractivity contribution in [2.45, 2.75) is 11.4 Å². The second-order valence-corrected chi connectivity index (χ2v) is 9.14. The highest BCUT2D eigenvalue weighted by Crippen LogP contribution is 2.20. The van der Waals surface area contributed by atoms with Gasteiger partial charge in [-0.25, -0.2) is 17.5 Å². The predicted molar refractivity (Wildman–Crippen MR) is 114 cm³/mol. The molecule has 0 saturated carbocycles. The van der Waals surface area contributed by atoms with Gasteiger partial charge in [0, 0.05) is 49.9 Å². The summed E-state index contributed by atoms with van der Waals surface area (Å²) in [4.78, 5) is 16.7. The van der Waals surface area contributed by atoms with Crippen molar-refractivity contribution in [1.29, 1.82) is 0 Å². The number of benzene rings is 2. The fourth-order valence-electron chi connectivity index (χ4n) is 3.21. The summed E-state index contributed by atoms with van der Waals surface area (Å²) in [6, 6.07) is 10.3. The van der Waals surface area contributed by atoms with Crippen LogP contribution >= 0.6 is 11.6 Å². The lowest BCUT2D eigenvalue weighted by Gasteiger charge is -2.35. The van der Waals surface area contributed by atoms with E-state index in [1.165, 1.54) is 42.5 Å². The number of piperazine rings is 1. The summed E-state index contributed by atoms with van der Waals surface area (Å²) in [5.41, 5.74) is 1.28. The summed E-state index contributed by atoms with van der Waals surface area (Å²) in [5, 5.41) is 0.395. The minimum absolute atomic E-state index is 0.0990. The van der Waals surface area contributed by atoms with E-state index in [-0.39, 0.29) is 23.2 Å². The Morgan fingerprint density at radius 1 is 1.13 bits per heavy atom. The molecule has 2 aromatic carbocycles. The zero-order valence-corrected chi connectivity index (χ0v) is 17.9. The third kappa shape index (κ3) is 5.46. The number of halogens is 2. The first-order valence-electron chi connectivity index (χ1n) is 9.46. The molecule has 1 N–H and O–H groups in total. The maximum atomic E-state index is 13.2. The third-order valence-electron chi connectivity index (χ3n) is 4.90. The number of hydrogen-bond acceptors (Lipinski definition) is 4. The SMILES string of the molecule is C=CCNS(=O)(=O)c1ccc(C(=O)N2CCN(Cc3ccc(F)cc3Cl)CC2)cc1. The number of sulfonamides is 1. The van der Waals surface area contributed by atoms with Crippen molar-refractivity contribution in [2.24, 2.45) is 0 Å². The van der Waals surface area contributed by atoms with E-state index < -0.39 is 10.0 Å². The van der Waals surface area contributed by atoms with Crippen LogP contribution < -0.4 is 4.72 Å². The molecular formula is C21H23ClFN3O3S. The van der Waals surface area contributed by atoms with E-state index >= 15 is 0 Å². The van der Waals surface area contributed by atoms with Crippen LogP contribution in [0.2, 0.25) is 5.02 Å². The van der Waals surface area contributed by atoms with Gasteiger partial charge in [0.1, 0.15) is 5.82 Å². The topological polar surface area (TPSA) is 69.7 Å². The van der Waals surface area contributed by atoms with E-state index in [2.05, 4.69) is 16.2 Å². The van der Waals surface area contributed by atoms with Crippen molar-refractivity contribution in [3.8, 4) is 0 Å². The van der Waals surface area contributed by atoms with Crippen molar-refractivity contribution < 1.29 is 17.6 Å². The predicted octanol–water partition coefficient (Wildman–Crippen LogP) is 2.90. The Bertz CT molecular complexity index is 1020. The molecule has 1 fully saturated rings. The van der Waals surface area contributed by atoms with Crippen molar-refractivity contribution in [2.75, 3.05) is 32.7 Å². The molecular weight excluding hydrogens is 429 g/mol. The molecule has 1 aliphatic rings. The van der Waals surface area contributed by atoms with Crippen LogP contribution in [0.15, 0.2) is 60.0 Å². The molecule has 9 heteroatoms. The van der Waals surface area contributed by atoms with E-state index in [1.807, 2.05) is 0 Å². The van der Waals surface area contributed by atoms with E-state index in [0.717, 1.165) is 5.56 Å². The monoisotopic (exact) mass is 451 g/mol. The Hall–Kier alpha value is -2.26. The lowest BCUT2D eigenvalue weighted by atomic mass is 10.1. The maximum Gasteiger partial charge on any atom is 0.253 e. The van der Waals surface area contributed by atoms with Crippen LogP contribution in [0.5, 0.6) is 0 Å². The second kappa shape index (κ2) is 9.70. The van der Waals surface area contributed by atoms with Gasteiger partial charge in [0.15, 0.2) is 0 Å². The molecule has 0 atom stereocenters. The summed E-state index contributed by atoms with van der Waals surface area (Å²) < 4.78 is 39.8. The molecule has 0 radical (unpaired) electrons. The quantitative estimate of drug-likeness (QED) is 0.657. The summed E-state index contributed by atoms with van der Waals surface area (Å²) >= 11 is 6.10. The fraction of sp³-hybridized carbons (Fsp3) is 0.286. The van der Waals surface area contributed by atoms with Crippen LogP contribution in [0, 0.1) is 5.82 Å². The number of hydrogen-bond donors (Lipinski definition) is 1. The molecule has 0 bridgehead atoms. The summed E-state index contributed by atoms with van der Waals surface area (Å²) in [6.45, 7) is 6.61. The minimum atomic E-state index is -3.62. The average molecular weight is 452 g/mol. The standard InChI is InChI=1S/C21H23ClFN3O3S/c1-2-9-24-30(28,29)19-7-4-16(5-8-19)21(27)26-12-10-25(11-13-26)15-17-3-6-18(23)14-20(17)22/h2-8,14,24H,1,9-13,15H2. The molecule has 160 valence electrons. The maximum absolute atomic E-state index is 13.2. The zero-order chi connectivity index (χ0) is 21.7. The van der Waals surface area contributed by atoms with Gasteiger partial charge in [0.2, 0.25) is 10.0 Å². The van der Waals surface area contributed by atoms with Gasteiger partial charge in [-0.05, 0) is 42.0 Å². The van der Waals surface area contributed by atoms with E-state index in [4.69, 9.17) is 11.6 Å². The van der Waals surface area contributed by atoms with Crippen molar-refractivity contribution in [1.82, 2.24) is 14.5 Å². The number of nitrogens with zero attached hydrogens (tertiary/aromatic N) is 2. The number of carbonyl (C=O) groups is 1. The van der Waals surface area contributed by atoms with Gasteiger partial charge in [-0.2, -0.15) is 0 Å². The first kappa shape index (κ1) is 22.4. The Morgan fingerprint density at radius 2 is 1.80 bits per heavy atom. The number of carbonyl (C=O) groups excluding carboxylic acids is 1. The molecule has 1 aliphatic heterocycles. The average Bonchev–Trinajstić information content (AvgIpc) is 2.74. The Labute approximate surface area is 181 Å². The molecule has 3 rings (SSSR count). The molecule has 1 amide bonds. The Kier molecular flexibility index (Phi) is 7.25. The Morgan fingerprint density at radius 3 is 2.40 bits per heavy atom. The molecule has 1 saturated heterocycles.